The molecular weight excluding hydrogens is 354 g/mol. The summed E-state index contributed by atoms with van der Waals surface area (Å²) in [7, 11) is -1.37. The van der Waals surface area contributed by atoms with Crippen LogP contribution < -0.4 is 0 Å². The van der Waals surface area contributed by atoms with Gasteiger partial charge >= 0.3 is 0 Å². The van der Waals surface area contributed by atoms with Crippen LogP contribution >= 0.6 is 14.5 Å². The molecule has 10 heteroatoms. The summed E-state index contributed by atoms with van der Waals surface area (Å²) < 4.78 is 0. The summed E-state index contributed by atoms with van der Waals surface area (Å²) in [6, 6.07) is 9.32. The van der Waals surface area contributed by atoms with Gasteiger partial charge in [-0.1, -0.05) is 24.3 Å². The van der Waals surface area contributed by atoms with E-state index in [-0.39, 0.29) is 0 Å². The Morgan fingerprint density at radius 1 is 0.667 bits per heavy atom. The summed E-state index contributed by atoms with van der Waals surface area (Å²) >= 11 is 0. The van der Waals surface area contributed by atoms with E-state index < -0.39 is 24.7 Å². The molecule has 0 heterocycles. The van der Waals surface area contributed by atoms with E-state index in [1.165, 1.54) is 23.5 Å². The Labute approximate surface area is 143 Å². The lowest BCUT2D eigenvalue weighted by Crippen LogP contribution is -1.94. The minimum Gasteiger partial charge on any atom is -0.356 e. The molecule has 0 saturated carbocycles. The number of nitrogens with zero attached hydrogens (tertiary/aromatic N) is 2. The molecule has 0 fully saturated rings. The number of hydrogen-bond acceptors (Lipinski definition) is 6. The van der Waals surface area contributed by atoms with Crippen LogP contribution in [0.3, 0.4) is 0 Å². The van der Waals surface area contributed by atoms with Crippen molar-refractivity contribution >= 4 is 14.5 Å². The van der Waals surface area contributed by atoms with Crippen LogP contribution in [-0.2, 0) is 12.3 Å². The summed E-state index contributed by atoms with van der Waals surface area (Å²) in [5, 5.41) is 29.5. The molecule has 0 aliphatic heterocycles. The van der Waals surface area contributed by atoms with E-state index in [0.29, 0.717) is 0 Å². The maximum absolute atomic E-state index is 8.25. The van der Waals surface area contributed by atoms with Gasteiger partial charge in [0.2, 0.25) is 0 Å². The number of hydrogen-bond donors (Lipinski definition) is 0. The lowest BCUT2D eigenvalue weighted by atomic mass is 10.2. The average Bonchev–Trinajstić information content (AvgIpc) is 2.26. The molecule has 1 aromatic rings. The second kappa shape index (κ2) is 11.1. The van der Waals surface area contributed by atoms with Gasteiger partial charge in [-0.05, 0) is 11.1 Å². The van der Waals surface area contributed by atoms with E-state index in [2.05, 4.69) is 64.3 Å². The highest BCUT2D eigenvalue weighted by atomic mass is 31.2. The summed E-state index contributed by atoms with van der Waals surface area (Å²) in [5.41, 5.74) is 3.02. The molecule has 24 heavy (non-hydrogen) atoms. The van der Waals surface area contributed by atoms with Crippen molar-refractivity contribution in [3.8, 4) is 0 Å². The Morgan fingerprint density at radius 2 is 0.833 bits per heavy atom. The van der Waals surface area contributed by atoms with Crippen LogP contribution in [0.25, 0.3) is 0 Å². The van der Waals surface area contributed by atoms with Crippen LogP contribution in [0.15, 0.2) is 24.3 Å². The Bertz CT molecular complexity index is 454. The first kappa shape index (κ1) is 24.7. The molecule has 0 spiro atoms. The lowest BCUT2D eigenvalue weighted by Gasteiger charge is -2.14. The molecule has 1 rings (SSSR count). The molecule has 0 unspecified atom stereocenters. The molecule has 8 nitrogen and oxygen atoms in total. The molecule has 0 aliphatic rings. The van der Waals surface area contributed by atoms with Crippen molar-refractivity contribution in [3.63, 3.8) is 0 Å². The van der Waals surface area contributed by atoms with Gasteiger partial charge in [-0.25, -0.2) is 0 Å². The highest BCUT2D eigenvalue weighted by molar-refractivity contribution is 7.73. The Hall–Kier alpha value is -1.52. The zero-order chi connectivity index (χ0) is 19.6. The van der Waals surface area contributed by atoms with Crippen molar-refractivity contribution in [3.05, 3.63) is 66.0 Å². The third-order valence-corrected chi connectivity index (χ3v) is 4.96. The van der Waals surface area contributed by atoms with Gasteiger partial charge < -0.3 is 30.6 Å². The maximum atomic E-state index is 8.25. The molecule has 1 aromatic carbocycles. The zero-order valence-corrected chi connectivity index (χ0v) is 16.8. The van der Waals surface area contributed by atoms with Gasteiger partial charge in [0.15, 0.2) is 0 Å². The number of rotatable bonds is 4. The third kappa shape index (κ3) is 22.8. The first-order chi connectivity index (χ1) is 10.6. The highest BCUT2D eigenvalue weighted by Crippen LogP contribution is 2.51. The normalized spacial score (nSPS) is 10.6. The molecular formula is C14H26N2O6P2. The molecule has 0 bridgehead atoms. The fourth-order valence-corrected chi connectivity index (χ4v) is 4.46. The standard InChI is InChI=1S/C14H26P2.2NO3/c1-15(2,3)11-13-7-9-14(10-8-13)12-16(4,5)6;2*2-1(3)4/h7-10H,11-12H2,1-6H3;;/q+2;2*-1. The molecule has 0 radical (unpaired) electrons. The summed E-state index contributed by atoms with van der Waals surface area (Å²) in [4.78, 5) is 16.5. The fourth-order valence-electron chi connectivity index (χ4n) is 1.85. The predicted octanol–water partition coefficient (Wildman–Crippen LogP) is 4.02. The molecule has 0 atom stereocenters. The smallest absolute Gasteiger partial charge is 0.0834 e. The molecule has 0 aromatic heterocycles. The van der Waals surface area contributed by atoms with Gasteiger partial charge in [0.05, 0.1) is 22.5 Å². The van der Waals surface area contributed by atoms with Crippen LogP contribution in [0.4, 0.5) is 0 Å². The topological polar surface area (TPSA) is 132 Å². The van der Waals surface area contributed by atoms with Gasteiger partial charge in [-0.3, -0.25) is 0 Å². The van der Waals surface area contributed by atoms with E-state index in [1.807, 2.05) is 0 Å². The van der Waals surface area contributed by atoms with Gasteiger partial charge in [-0.15, -0.1) is 0 Å². The fraction of sp³-hybridized carbons (Fsp3) is 0.571. The second-order valence-electron chi connectivity index (χ2n) is 7.16. The maximum Gasteiger partial charge on any atom is 0.0834 e. The van der Waals surface area contributed by atoms with Crippen molar-refractivity contribution < 1.29 is 10.2 Å². The minimum atomic E-state index is -1.75. The quantitative estimate of drug-likeness (QED) is 0.440. The van der Waals surface area contributed by atoms with Crippen molar-refractivity contribution in [2.75, 3.05) is 40.0 Å². The Morgan fingerprint density at radius 3 is 0.958 bits per heavy atom. The largest absolute Gasteiger partial charge is 0.356 e. The Balaban J connectivity index is 0. The minimum absolute atomic E-state index is 0.687. The van der Waals surface area contributed by atoms with Crippen LogP contribution in [0.1, 0.15) is 11.1 Å². The van der Waals surface area contributed by atoms with E-state index in [4.69, 9.17) is 30.6 Å². The predicted molar refractivity (Wildman–Crippen MR) is 104 cm³/mol. The van der Waals surface area contributed by atoms with Crippen molar-refractivity contribution in [1.82, 2.24) is 0 Å². The van der Waals surface area contributed by atoms with E-state index in [0.717, 1.165) is 0 Å². The van der Waals surface area contributed by atoms with Crippen molar-refractivity contribution in [1.29, 1.82) is 0 Å². The summed E-state index contributed by atoms with van der Waals surface area (Å²) in [6.07, 6.45) is 2.55. The lowest BCUT2D eigenvalue weighted by molar-refractivity contribution is -0.403. The Kier molecular flexibility index (Phi) is 11.4. The van der Waals surface area contributed by atoms with Gasteiger partial charge in [0.25, 0.3) is 0 Å². The van der Waals surface area contributed by atoms with Gasteiger partial charge in [0.1, 0.15) is 0 Å². The molecule has 0 N–H and O–H groups in total. The summed E-state index contributed by atoms with van der Waals surface area (Å²) in [6.45, 7) is 14.4. The first-order valence-corrected chi connectivity index (χ1v) is 13.6. The van der Waals surface area contributed by atoms with E-state index in [9.17, 15) is 0 Å². The SMILES string of the molecule is C[P+](C)(C)Cc1ccc(C[P+](C)(C)C)cc1.O=[N+]([O-])[O-].O=[N+]([O-])[O-]. The van der Waals surface area contributed by atoms with Crippen molar-refractivity contribution in [2.24, 2.45) is 0 Å². The number of benzene rings is 1. The molecule has 0 amide bonds. The van der Waals surface area contributed by atoms with Crippen molar-refractivity contribution in [2.45, 2.75) is 12.3 Å². The van der Waals surface area contributed by atoms with Crippen LogP contribution in [-0.4, -0.2) is 50.2 Å². The van der Waals surface area contributed by atoms with Crippen LogP contribution in [0, 0.1) is 30.6 Å². The molecule has 0 aliphatic carbocycles. The first-order valence-electron chi connectivity index (χ1n) is 6.94. The van der Waals surface area contributed by atoms with Gasteiger partial charge in [-0.2, -0.15) is 0 Å². The molecule has 0 saturated heterocycles. The van der Waals surface area contributed by atoms with E-state index in [1.54, 1.807) is 0 Å². The zero-order valence-electron chi connectivity index (χ0n) is 15.0. The van der Waals surface area contributed by atoms with Crippen LogP contribution in [0.2, 0.25) is 0 Å². The third-order valence-electron chi connectivity index (χ3n) is 2.34. The molecule has 138 valence electrons. The highest BCUT2D eigenvalue weighted by Gasteiger charge is 2.19. The second-order valence-corrected chi connectivity index (χ2v) is 17.0. The van der Waals surface area contributed by atoms with Crippen LogP contribution in [0.5, 0.6) is 0 Å². The monoisotopic (exact) mass is 380 g/mol. The van der Waals surface area contributed by atoms with E-state index >= 15 is 0 Å². The van der Waals surface area contributed by atoms with Gasteiger partial charge in [0, 0.05) is 54.5 Å². The average molecular weight is 380 g/mol. The summed E-state index contributed by atoms with van der Waals surface area (Å²) in [5.74, 6) is 0.